The fraction of sp³-hybridized carbons (Fsp3) is 0.444. The second-order valence-corrected chi connectivity index (χ2v) is 10.3. The van der Waals surface area contributed by atoms with Gasteiger partial charge >= 0.3 is 0 Å². The Bertz CT molecular complexity index is 1560. The molecule has 0 saturated carbocycles. The normalized spacial score (nSPS) is 32.5. The lowest BCUT2D eigenvalue weighted by Gasteiger charge is -2.42. The van der Waals surface area contributed by atoms with Crippen LogP contribution >= 0.6 is 0 Å². The summed E-state index contributed by atoms with van der Waals surface area (Å²) in [6.07, 6.45) is -17.4. The average molecular weight is 627 g/mol. The van der Waals surface area contributed by atoms with E-state index in [2.05, 4.69) is 0 Å². The molecule has 2 fully saturated rings. The van der Waals surface area contributed by atoms with Crippen LogP contribution in [0.4, 0.5) is 0 Å². The molecular formula is C27H30O17. The zero-order valence-corrected chi connectivity index (χ0v) is 22.4. The number of aromatic hydroxyl groups is 4. The summed E-state index contributed by atoms with van der Waals surface area (Å²) in [5.41, 5.74) is -1.41. The minimum Gasteiger partial charge on any atom is -0.508 e. The van der Waals surface area contributed by atoms with Crippen molar-refractivity contribution in [3.05, 3.63) is 40.6 Å². The SMILES string of the molecule is O=c1c(O[C@@H]2O[C@H](CO[C@@H]3O[C@H](CO)[C@H](O)[C@@H](O)[C@H]3O)[C@H](O)[C@@H](O)[C@H]2O)c(-c2ccc(O)c(O)c2)oc2cc(O)cc(O)c12. The van der Waals surface area contributed by atoms with Crippen LogP contribution in [-0.4, -0.2) is 131 Å². The first-order chi connectivity index (χ1) is 20.8. The first-order valence-electron chi connectivity index (χ1n) is 13.2. The van der Waals surface area contributed by atoms with Crippen molar-refractivity contribution in [1.82, 2.24) is 0 Å². The Labute approximate surface area is 246 Å². The van der Waals surface area contributed by atoms with E-state index in [1.807, 2.05) is 0 Å². The Kier molecular flexibility index (Phi) is 8.87. The van der Waals surface area contributed by atoms with Crippen LogP contribution in [0, 0.1) is 0 Å². The Morgan fingerprint density at radius 3 is 2.00 bits per heavy atom. The highest BCUT2D eigenvalue weighted by Crippen LogP contribution is 2.39. The Morgan fingerprint density at radius 2 is 1.34 bits per heavy atom. The average Bonchev–Trinajstić information content (AvgIpc) is 2.98. The molecule has 240 valence electrons. The summed E-state index contributed by atoms with van der Waals surface area (Å²) in [6, 6.07) is 5.17. The number of ether oxygens (including phenoxy) is 4. The first kappa shape index (κ1) is 31.7. The number of phenolic OH excluding ortho intramolecular Hbond substituents is 4. The molecule has 2 aliphatic heterocycles. The van der Waals surface area contributed by atoms with Crippen molar-refractivity contribution in [1.29, 1.82) is 0 Å². The number of hydrogen-bond donors (Lipinski definition) is 11. The van der Waals surface area contributed by atoms with E-state index in [-0.39, 0.29) is 11.1 Å². The topological polar surface area (TPSA) is 290 Å². The van der Waals surface area contributed by atoms with E-state index < -0.39 is 120 Å². The number of benzene rings is 2. The van der Waals surface area contributed by atoms with E-state index in [9.17, 15) is 61.0 Å². The van der Waals surface area contributed by atoms with Crippen molar-refractivity contribution in [2.75, 3.05) is 13.2 Å². The van der Waals surface area contributed by atoms with Gasteiger partial charge in [0.2, 0.25) is 17.5 Å². The maximum atomic E-state index is 13.6. The summed E-state index contributed by atoms with van der Waals surface area (Å²) in [5.74, 6) is -3.44. The van der Waals surface area contributed by atoms with Gasteiger partial charge in [0.05, 0.1) is 13.2 Å². The van der Waals surface area contributed by atoms with Gasteiger partial charge in [-0.1, -0.05) is 0 Å². The van der Waals surface area contributed by atoms with Crippen LogP contribution in [0.1, 0.15) is 0 Å². The maximum Gasteiger partial charge on any atom is 0.239 e. The van der Waals surface area contributed by atoms with Crippen LogP contribution in [-0.2, 0) is 14.2 Å². The van der Waals surface area contributed by atoms with E-state index in [0.29, 0.717) is 0 Å². The van der Waals surface area contributed by atoms with Gasteiger partial charge < -0.3 is 79.5 Å². The van der Waals surface area contributed by atoms with E-state index >= 15 is 0 Å². The zero-order chi connectivity index (χ0) is 32.0. The molecule has 1 aromatic heterocycles. The lowest BCUT2D eigenvalue weighted by molar-refractivity contribution is -0.323. The molecule has 3 aromatic rings. The number of aliphatic hydroxyl groups excluding tert-OH is 7. The van der Waals surface area contributed by atoms with E-state index in [4.69, 9.17) is 23.4 Å². The van der Waals surface area contributed by atoms with Crippen molar-refractivity contribution < 1.29 is 79.5 Å². The fourth-order valence-corrected chi connectivity index (χ4v) is 4.89. The number of fused-ring (bicyclic) bond motifs is 1. The number of rotatable bonds is 7. The summed E-state index contributed by atoms with van der Waals surface area (Å²) < 4.78 is 27.6. The molecule has 3 heterocycles. The smallest absolute Gasteiger partial charge is 0.239 e. The molecule has 0 amide bonds. The highest BCUT2D eigenvalue weighted by atomic mass is 16.7. The lowest BCUT2D eigenvalue weighted by Crippen LogP contribution is -2.62. The number of aliphatic hydroxyl groups is 7. The molecular weight excluding hydrogens is 596 g/mol. The Hall–Kier alpha value is -3.75. The van der Waals surface area contributed by atoms with Gasteiger partial charge in [-0.25, -0.2) is 0 Å². The lowest BCUT2D eigenvalue weighted by atomic mass is 9.98. The molecule has 0 spiro atoms. The standard InChI is InChI=1S/C27H30O17/c28-6-14-17(33)20(36)22(38)26(42-14)40-7-15-18(34)21(37)23(39)27(43-15)44-25-19(35)16-12(32)4-9(29)5-13(16)41-24(25)8-1-2-10(30)11(31)3-8/h1-5,14-15,17-18,20-23,26-34,36-39H,6-7H2/t14-,15-,17+,18+,20-,21-,22-,23-,26-,27+/m1/s1. The molecule has 17 heteroatoms. The third-order valence-electron chi connectivity index (χ3n) is 7.33. The molecule has 5 rings (SSSR count). The number of hydrogen-bond acceptors (Lipinski definition) is 17. The maximum absolute atomic E-state index is 13.6. The molecule has 17 nitrogen and oxygen atoms in total. The molecule has 10 atom stereocenters. The minimum atomic E-state index is -2.00. The molecule has 2 aromatic carbocycles. The minimum absolute atomic E-state index is 0.0504. The van der Waals surface area contributed by atoms with Gasteiger partial charge in [-0.05, 0) is 18.2 Å². The number of phenols is 4. The van der Waals surface area contributed by atoms with Crippen molar-refractivity contribution >= 4 is 11.0 Å². The molecule has 2 aliphatic rings. The fourth-order valence-electron chi connectivity index (χ4n) is 4.89. The molecule has 0 radical (unpaired) electrons. The second-order valence-electron chi connectivity index (χ2n) is 10.3. The van der Waals surface area contributed by atoms with Crippen LogP contribution in [0.15, 0.2) is 39.5 Å². The molecule has 0 aliphatic carbocycles. The van der Waals surface area contributed by atoms with Crippen LogP contribution in [0.5, 0.6) is 28.7 Å². The highest BCUT2D eigenvalue weighted by molar-refractivity contribution is 5.88. The van der Waals surface area contributed by atoms with Gasteiger partial charge in [0.25, 0.3) is 0 Å². The van der Waals surface area contributed by atoms with E-state index in [0.717, 1.165) is 24.3 Å². The van der Waals surface area contributed by atoms with Gasteiger partial charge in [-0.2, -0.15) is 0 Å². The third-order valence-corrected chi connectivity index (χ3v) is 7.33. The summed E-state index contributed by atoms with van der Waals surface area (Å²) in [7, 11) is 0. The Morgan fingerprint density at radius 1 is 0.705 bits per heavy atom. The van der Waals surface area contributed by atoms with E-state index in [1.165, 1.54) is 6.07 Å². The zero-order valence-electron chi connectivity index (χ0n) is 22.4. The van der Waals surface area contributed by atoms with Crippen LogP contribution < -0.4 is 10.2 Å². The predicted molar refractivity (Wildman–Crippen MR) is 142 cm³/mol. The van der Waals surface area contributed by atoms with E-state index in [1.54, 1.807) is 0 Å². The molecule has 44 heavy (non-hydrogen) atoms. The second kappa shape index (κ2) is 12.3. The third kappa shape index (κ3) is 5.73. The van der Waals surface area contributed by atoms with Gasteiger partial charge in [-0.15, -0.1) is 0 Å². The largest absolute Gasteiger partial charge is 0.508 e. The van der Waals surface area contributed by atoms with Gasteiger partial charge in [0.1, 0.15) is 71.3 Å². The van der Waals surface area contributed by atoms with Gasteiger partial charge in [-0.3, -0.25) is 4.79 Å². The summed E-state index contributed by atoms with van der Waals surface area (Å²) in [4.78, 5) is 13.6. The summed E-state index contributed by atoms with van der Waals surface area (Å²) in [5, 5.41) is 111. The van der Waals surface area contributed by atoms with Crippen molar-refractivity contribution in [2.24, 2.45) is 0 Å². The van der Waals surface area contributed by atoms with Gasteiger partial charge in [0, 0.05) is 17.7 Å². The summed E-state index contributed by atoms with van der Waals surface area (Å²) >= 11 is 0. The van der Waals surface area contributed by atoms with Crippen molar-refractivity contribution in [2.45, 2.75) is 61.4 Å². The first-order valence-corrected chi connectivity index (χ1v) is 13.2. The molecule has 11 N–H and O–H groups in total. The predicted octanol–water partition coefficient (Wildman–Crippen LogP) is -2.71. The van der Waals surface area contributed by atoms with Crippen LogP contribution in [0.25, 0.3) is 22.3 Å². The summed E-state index contributed by atoms with van der Waals surface area (Å²) in [6.45, 7) is -1.42. The molecule has 0 unspecified atom stereocenters. The molecule has 0 bridgehead atoms. The Balaban J connectivity index is 1.47. The van der Waals surface area contributed by atoms with Crippen molar-refractivity contribution in [3.63, 3.8) is 0 Å². The van der Waals surface area contributed by atoms with Gasteiger partial charge in [0.15, 0.2) is 23.5 Å². The van der Waals surface area contributed by atoms with Crippen LogP contribution in [0.2, 0.25) is 0 Å². The molecule has 2 saturated heterocycles. The monoisotopic (exact) mass is 626 g/mol. The van der Waals surface area contributed by atoms with Crippen molar-refractivity contribution in [3.8, 4) is 40.1 Å². The quantitative estimate of drug-likeness (QED) is 0.119. The highest BCUT2D eigenvalue weighted by Gasteiger charge is 2.48. The van der Waals surface area contributed by atoms with Crippen LogP contribution in [0.3, 0.4) is 0 Å².